The minimum atomic E-state index is -0.426. The van der Waals surface area contributed by atoms with Crippen LogP contribution in [0.1, 0.15) is 32.9 Å². The molecular formula is C23H24N4O3. The van der Waals surface area contributed by atoms with Crippen LogP contribution in [0.4, 0.5) is 10.5 Å². The average Bonchev–Trinajstić information content (AvgIpc) is 3.02. The lowest BCUT2D eigenvalue weighted by Gasteiger charge is -2.13. The fraction of sp³-hybridized carbons (Fsp3) is 0.174. The fourth-order valence-corrected chi connectivity index (χ4v) is 3.26. The van der Waals surface area contributed by atoms with E-state index in [4.69, 9.17) is 4.74 Å². The SMILES string of the molecule is COC(=O)c1ccccc1-n1c(C)cc(C=NNC(=O)Nc2ccccc2C)c1C. The molecule has 2 aromatic carbocycles. The zero-order valence-electron chi connectivity index (χ0n) is 17.4. The number of methoxy groups -OCH3 is 1. The number of nitrogens with one attached hydrogen (secondary N) is 2. The van der Waals surface area contributed by atoms with E-state index in [2.05, 4.69) is 15.8 Å². The molecule has 0 aliphatic carbocycles. The molecule has 7 heteroatoms. The molecular weight excluding hydrogens is 380 g/mol. The van der Waals surface area contributed by atoms with Gasteiger partial charge in [0.05, 0.1) is 24.6 Å². The Morgan fingerprint density at radius 3 is 2.47 bits per heavy atom. The van der Waals surface area contributed by atoms with Gasteiger partial charge in [-0.3, -0.25) is 0 Å². The third-order valence-electron chi connectivity index (χ3n) is 4.78. The van der Waals surface area contributed by atoms with Crippen LogP contribution in [-0.4, -0.2) is 29.9 Å². The van der Waals surface area contributed by atoms with Crippen molar-refractivity contribution < 1.29 is 14.3 Å². The standard InChI is InChI=1S/C23H24N4O3/c1-15-9-5-7-11-20(15)25-23(29)26-24-14-18-13-16(2)27(17(18)3)21-12-8-6-10-19(21)22(28)30-4/h5-14H,1-4H3,(H2,25,26,29). The van der Waals surface area contributed by atoms with Gasteiger partial charge in [-0.15, -0.1) is 0 Å². The number of ether oxygens (including phenoxy) is 1. The Morgan fingerprint density at radius 2 is 1.73 bits per heavy atom. The first-order chi connectivity index (χ1) is 14.4. The number of esters is 1. The van der Waals surface area contributed by atoms with Crippen LogP contribution >= 0.6 is 0 Å². The lowest BCUT2D eigenvalue weighted by molar-refractivity contribution is 0.0600. The maximum Gasteiger partial charge on any atom is 0.339 e. The lowest BCUT2D eigenvalue weighted by atomic mass is 10.1. The van der Waals surface area contributed by atoms with Gasteiger partial charge in [0.15, 0.2) is 0 Å². The molecule has 30 heavy (non-hydrogen) atoms. The number of carbonyl (C=O) groups is 2. The van der Waals surface area contributed by atoms with Crippen LogP contribution in [0.3, 0.4) is 0 Å². The van der Waals surface area contributed by atoms with Crippen LogP contribution < -0.4 is 10.7 Å². The van der Waals surface area contributed by atoms with Crippen molar-refractivity contribution in [3.8, 4) is 5.69 Å². The van der Waals surface area contributed by atoms with Crippen molar-refractivity contribution in [1.82, 2.24) is 9.99 Å². The number of hydrazone groups is 1. The second-order valence-corrected chi connectivity index (χ2v) is 6.81. The van der Waals surface area contributed by atoms with E-state index in [-0.39, 0.29) is 0 Å². The summed E-state index contributed by atoms with van der Waals surface area (Å²) in [6.45, 7) is 5.78. The highest BCUT2D eigenvalue weighted by atomic mass is 16.5. The van der Waals surface area contributed by atoms with E-state index in [1.54, 1.807) is 18.3 Å². The monoisotopic (exact) mass is 404 g/mol. The summed E-state index contributed by atoms with van der Waals surface area (Å²) in [5.41, 5.74) is 8.00. The Balaban J connectivity index is 1.79. The Morgan fingerprint density at radius 1 is 1.03 bits per heavy atom. The van der Waals surface area contributed by atoms with Gasteiger partial charge in [-0.25, -0.2) is 15.0 Å². The Hall–Kier alpha value is -3.87. The molecule has 0 atom stereocenters. The zero-order chi connectivity index (χ0) is 21.7. The molecule has 0 radical (unpaired) electrons. The summed E-state index contributed by atoms with van der Waals surface area (Å²) in [5.74, 6) is -0.400. The Labute approximate surface area is 175 Å². The van der Waals surface area contributed by atoms with Crippen molar-refractivity contribution in [3.63, 3.8) is 0 Å². The van der Waals surface area contributed by atoms with Crippen molar-refractivity contribution >= 4 is 23.9 Å². The van der Waals surface area contributed by atoms with Gasteiger partial charge < -0.3 is 14.6 Å². The highest BCUT2D eigenvalue weighted by molar-refractivity contribution is 5.94. The van der Waals surface area contributed by atoms with Gasteiger partial charge in [0.2, 0.25) is 0 Å². The summed E-state index contributed by atoms with van der Waals surface area (Å²) in [6, 6.07) is 16.3. The van der Waals surface area contributed by atoms with Gasteiger partial charge in [-0.1, -0.05) is 30.3 Å². The van der Waals surface area contributed by atoms with E-state index in [0.717, 1.165) is 33.9 Å². The molecule has 2 amide bonds. The highest BCUT2D eigenvalue weighted by Crippen LogP contribution is 2.23. The number of anilines is 1. The molecule has 0 saturated carbocycles. The van der Waals surface area contributed by atoms with Crippen LogP contribution in [-0.2, 0) is 4.74 Å². The van der Waals surface area contributed by atoms with E-state index in [9.17, 15) is 9.59 Å². The summed E-state index contributed by atoms with van der Waals surface area (Å²) >= 11 is 0. The minimum Gasteiger partial charge on any atom is -0.465 e. The molecule has 2 N–H and O–H groups in total. The van der Waals surface area contributed by atoms with Crippen molar-refractivity contribution in [1.29, 1.82) is 0 Å². The maximum atomic E-state index is 12.1. The van der Waals surface area contributed by atoms with Gasteiger partial charge in [0.25, 0.3) is 0 Å². The second-order valence-electron chi connectivity index (χ2n) is 6.81. The van der Waals surface area contributed by atoms with Crippen LogP contribution in [0.5, 0.6) is 0 Å². The van der Waals surface area contributed by atoms with E-state index < -0.39 is 12.0 Å². The number of nitrogens with zero attached hydrogens (tertiary/aromatic N) is 2. The number of para-hydroxylation sites is 2. The van der Waals surface area contributed by atoms with E-state index in [0.29, 0.717) is 5.56 Å². The molecule has 0 saturated heterocycles. The van der Waals surface area contributed by atoms with E-state index in [1.807, 2.05) is 67.8 Å². The van der Waals surface area contributed by atoms with E-state index >= 15 is 0 Å². The molecule has 0 fully saturated rings. The van der Waals surface area contributed by atoms with Gasteiger partial charge in [0.1, 0.15) is 0 Å². The first kappa shape index (κ1) is 20.9. The predicted molar refractivity (Wildman–Crippen MR) is 118 cm³/mol. The van der Waals surface area contributed by atoms with Crippen molar-refractivity contribution in [2.45, 2.75) is 20.8 Å². The molecule has 7 nitrogen and oxygen atoms in total. The summed E-state index contributed by atoms with van der Waals surface area (Å²) in [4.78, 5) is 24.2. The summed E-state index contributed by atoms with van der Waals surface area (Å²) in [5, 5.41) is 6.82. The van der Waals surface area contributed by atoms with Crippen molar-refractivity contribution in [2.75, 3.05) is 12.4 Å². The van der Waals surface area contributed by atoms with Crippen LogP contribution in [0.2, 0.25) is 0 Å². The largest absolute Gasteiger partial charge is 0.465 e. The number of hydrogen-bond donors (Lipinski definition) is 2. The van der Waals surface area contributed by atoms with Crippen LogP contribution in [0.25, 0.3) is 5.69 Å². The quantitative estimate of drug-likeness (QED) is 0.377. The molecule has 0 spiro atoms. The Bertz CT molecular complexity index is 1120. The van der Waals surface area contributed by atoms with Gasteiger partial charge in [0, 0.05) is 22.6 Å². The zero-order valence-corrected chi connectivity index (χ0v) is 17.4. The van der Waals surface area contributed by atoms with Gasteiger partial charge in [-0.2, -0.15) is 5.10 Å². The second kappa shape index (κ2) is 9.09. The molecule has 1 heterocycles. The highest BCUT2D eigenvalue weighted by Gasteiger charge is 2.17. The van der Waals surface area contributed by atoms with E-state index in [1.165, 1.54) is 7.11 Å². The number of hydrogen-bond acceptors (Lipinski definition) is 4. The van der Waals surface area contributed by atoms with Gasteiger partial charge in [-0.05, 0) is 50.6 Å². The summed E-state index contributed by atoms with van der Waals surface area (Å²) < 4.78 is 6.86. The van der Waals surface area contributed by atoms with Crippen LogP contribution in [0.15, 0.2) is 59.7 Å². The number of aryl methyl sites for hydroxylation is 2. The minimum absolute atomic E-state index is 0.400. The number of aromatic nitrogens is 1. The molecule has 154 valence electrons. The molecule has 3 rings (SSSR count). The third kappa shape index (κ3) is 4.41. The predicted octanol–water partition coefficient (Wildman–Crippen LogP) is 4.34. The van der Waals surface area contributed by atoms with Crippen LogP contribution in [0, 0.1) is 20.8 Å². The molecule has 0 bridgehead atoms. The van der Waals surface area contributed by atoms with Gasteiger partial charge >= 0.3 is 12.0 Å². The number of carbonyl (C=O) groups excluding carboxylic acids is 2. The first-order valence-corrected chi connectivity index (χ1v) is 9.44. The summed E-state index contributed by atoms with van der Waals surface area (Å²) in [7, 11) is 1.36. The van der Waals surface area contributed by atoms with Crippen molar-refractivity contribution in [2.24, 2.45) is 5.10 Å². The summed E-state index contributed by atoms with van der Waals surface area (Å²) in [6.07, 6.45) is 1.58. The molecule has 3 aromatic rings. The molecule has 0 aliphatic heterocycles. The smallest absolute Gasteiger partial charge is 0.339 e. The maximum absolute atomic E-state index is 12.1. The number of rotatable bonds is 5. The topological polar surface area (TPSA) is 84.7 Å². The Kier molecular flexibility index (Phi) is 6.32. The first-order valence-electron chi connectivity index (χ1n) is 9.44. The number of benzene rings is 2. The lowest BCUT2D eigenvalue weighted by Crippen LogP contribution is -2.24. The number of amides is 2. The normalized spacial score (nSPS) is 10.8. The number of urea groups is 1. The third-order valence-corrected chi connectivity index (χ3v) is 4.78. The average molecular weight is 404 g/mol. The fourth-order valence-electron chi connectivity index (χ4n) is 3.26. The molecule has 0 aliphatic rings. The molecule has 0 unspecified atom stereocenters. The molecule has 1 aromatic heterocycles. The van der Waals surface area contributed by atoms with Crippen molar-refractivity contribution in [3.05, 3.63) is 82.7 Å².